The number of nitrogens with zero attached hydrogens (tertiary/aromatic N) is 5. The molecule has 2 aromatic rings. The van der Waals surface area contributed by atoms with Gasteiger partial charge in [-0.05, 0) is 32.7 Å². The number of rotatable bonds is 5. The molecule has 0 N–H and O–H groups in total. The number of anilines is 1. The minimum atomic E-state index is 0.0607. The van der Waals surface area contributed by atoms with Crippen LogP contribution in [0.25, 0.3) is 6.08 Å². The number of likely N-dealkylation sites (tertiary alicyclic amines) is 1. The molecule has 2 fully saturated rings. The van der Waals surface area contributed by atoms with E-state index in [4.69, 9.17) is 0 Å². The maximum absolute atomic E-state index is 12.9. The summed E-state index contributed by atoms with van der Waals surface area (Å²) in [6.45, 7) is 6.32. The third-order valence-electron chi connectivity index (χ3n) is 5.99. The van der Waals surface area contributed by atoms with E-state index in [0.29, 0.717) is 5.92 Å². The summed E-state index contributed by atoms with van der Waals surface area (Å²) in [5.41, 5.74) is 2.04. The van der Waals surface area contributed by atoms with E-state index in [1.165, 1.54) is 0 Å². The van der Waals surface area contributed by atoms with Gasteiger partial charge in [0.15, 0.2) is 0 Å². The van der Waals surface area contributed by atoms with Gasteiger partial charge in [-0.1, -0.05) is 30.3 Å². The lowest BCUT2D eigenvalue weighted by atomic mass is 9.80. The van der Waals surface area contributed by atoms with E-state index in [2.05, 4.69) is 33.9 Å². The lowest BCUT2D eigenvalue weighted by Crippen LogP contribution is -2.42. The molecule has 4 rings (SSSR count). The van der Waals surface area contributed by atoms with Crippen LogP contribution in [-0.4, -0.2) is 72.5 Å². The van der Waals surface area contributed by atoms with E-state index in [1.54, 1.807) is 12.3 Å². The highest BCUT2D eigenvalue weighted by Crippen LogP contribution is 2.44. The van der Waals surface area contributed by atoms with E-state index in [-0.39, 0.29) is 11.3 Å². The monoisotopic (exact) mass is 391 g/mol. The van der Waals surface area contributed by atoms with Crippen molar-refractivity contribution < 1.29 is 4.79 Å². The summed E-state index contributed by atoms with van der Waals surface area (Å²) >= 11 is 0. The number of amides is 1. The fourth-order valence-electron chi connectivity index (χ4n) is 4.82. The molecular weight excluding hydrogens is 362 g/mol. The Kier molecular flexibility index (Phi) is 5.37. The number of carbonyl (C=O) groups is 1. The maximum Gasteiger partial charge on any atom is 0.246 e. The number of carbonyl (C=O) groups excluding carboxylic acids is 1. The van der Waals surface area contributed by atoms with Crippen molar-refractivity contribution in [2.75, 3.05) is 51.7 Å². The number of aryl methyl sites for hydroxylation is 1. The van der Waals surface area contributed by atoms with Crippen molar-refractivity contribution in [2.45, 2.75) is 6.92 Å². The molecule has 1 aromatic heterocycles. The first-order valence-electron chi connectivity index (χ1n) is 10.2. The molecule has 29 heavy (non-hydrogen) atoms. The Morgan fingerprint density at radius 1 is 1.21 bits per heavy atom. The Morgan fingerprint density at radius 3 is 2.72 bits per heavy atom. The van der Waals surface area contributed by atoms with Crippen molar-refractivity contribution in [3.63, 3.8) is 0 Å². The molecule has 0 unspecified atom stereocenters. The van der Waals surface area contributed by atoms with Crippen LogP contribution in [0.15, 0.2) is 48.8 Å². The summed E-state index contributed by atoms with van der Waals surface area (Å²) < 4.78 is 0. The van der Waals surface area contributed by atoms with E-state index in [1.807, 2.05) is 54.4 Å². The van der Waals surface area contributed by atoms with Crippen LogP contribution in [0.3, 0.4) is 0 Å². The second-order valence-electron chi connectivity index (χ2n) is 8.66. The van der Waals surface area contributed by atoms with Crippen LogP contribution in [0.5, 0.6) is 0 Å². The standard InChI is InChI=1S/C23H29N5O/c1-18-11-24-12-21(25-18)27-13-20-14-28(17-23(20,16-27)15-26(2)3)22(29)10-9-19-7-5-4-6-8-19/h4-12,20H,13-17H2,1-3H3/b10-9+/t20-,23+/m0/s1. The van der Waals surface area contributed by atoms with Crippen molar-refractivity contribution in [1.82, 2.24) is 19.8 Å². The lowest BCUT2D eigenvalue weighted by Gasteiger charge is -2.32. The number of hydrogen-bond acceptors (Lipinski definition) is 5. The first kappa shape index (κ1) is 19.6. The first-order chi connectivity index (χ1) is 13.9. The predicted octanol–water partition coefficient (Wildman–Crippen LogP) is 2.32. The van der Waals surface area contributed by atoms with E-state index >= 15 is 0 Å². The van der Waals surface area contributed by atoms with Gasteiger partial charge in [-0.15, -0.1) is 0 Å². The number of benzene rings is 1. The molecule has 0 aliphatic carbocycles. The second-order valence-corrected chi connectivity index (χ2v) is 8.66. The highest BCUT2D eigenvalue weighted by molar-refractivity contribution is 5.92. The van der Waals surface area contributed by atoms with Crippen molar-refractivity contribution in [3.8, 4) is 0 Å². The van der Waals surface area contributed by atoms with Crippen molar-refractivity contribution in [1.29, 1.82) is 0 Å². The summed E-state index contributed by atoms with van der Waals surface area (Å²) in [5, 5.41) is 0. The molecule has 0 bridgehead atoms. The second kappa shape index (κ2) is 7.95. The van der Waals surface area contributed by atoms with E-state index in [9.17, 15) is 4.79 Å². The minimum absolute atomic E-state index is 0.0607. The van der Waals surface area contributed by atoms with Gasteiger partial charge in [0.25, 0.3) is 0 Å². The smallest absolute Gasteiger partial charge is 0.246 e. The summed E-state index contributed by atoms with van der Waals surface area (Å²) in [6.07, 6.45) is 7.26. The molecule has 1 aromatic carbocycles. The van der Waals surface area contributed by atoms with E-state index in [0.717, 1.165) is 49.8 Å². The van der Waals surface area contributed by atoms with Crippen LogP contribution < -0.4 is 4.90 Å². The fraction of sp³-hybridized carbons (Fsp3) is 0.435. The van der Waals surface area contributed by atoms with Crippen molar-refractivity contribution in [3.05, 3.63) is 60.1 Å². The number of fused-ring (bicyclic) bond motifs is 1. The molecule has 3 heterocycles. The molecule has 0 saturated carbocycles. The van der Waals surface area contributed by atoms with Gasteiger partial charge < -0.3 is 14.7 Å². The average Bonchev–Trinajstić information content (AvgIpc) is 3.20. The zero-order valence-electron chi connectivity index (χ0n) is 17.5. The van der Waals surface area contributed by atoms with Gasteiger partial charge in [0.1, 0.15) is 5.82 Å². The van der Waals surface area contributed by atoms with Gasteiger partial charge in [0.05, 0.1) is 11.9 Å². The summed E-state index contributed by atoms with van der Waals surface area (Å²) in [6, 6.07) is 9.97. The van der Waals surface area contributed by atoms with Crippen LogP contribution in [0.2, 0.25) is 0 Å². The third-order valence-corrected chi connectivity index (χ3v) is 5.99. The minimum Gasteiger partial charge on any atom is -0.354 e. The molecule has 152 valence electrons. The molecule has 6 heteroatoms. The van der Waals surface area contributed by atoms with Gasteiger partial charge in [0, 0.05) is 56.3 Å². The average molecular weight is 392 g/mol. The maximum atomic E-state index is 12.9. The van der Waals surface area contributed by atoms with Gasteiger partial charge in [0.2, 0.25) is 5.91 Å². The van der Waals surface area contributed by atoms with Crippen LogP contribution in [0.1, 0.15) is 11.3 Å². The molecule has 0 radical (unpaired) electrons. The van der Waals surface area contributed by atoms with Crippen LogP contribution in [-0.2, 0) is 4.79 Å². The topological polar surface area (TPSA) is 52.6 Å². The molecule has 2 atom stereocenters. The zero-order valence-corrected chi connectivity index (χ0v) is 17.5. The van der Waals surface area contributed by atoms with Crippen molar-refractivity contribution in [2.24, 2.45) is 11.3 Å². The summed E-state index contributed by atoms with van der Waals surface area (Å²) in [5.74, 6) is 1.48. The first-order valence-corrected chi connectivity index (χ1v) is 10.2. The Bertz CT molecular complexity index is 897. The number of hydrogen-bond donors (Lipinski definition) is 0. The lowest BCUT2D eigenvalue weighted by molar-refractivity contribution is -0.125. The Hall–Kier alpha value is -2.73. The van der Waals surface area contributed by atoms with Gasteiger partial charge >= 0.3 is 0 Å². The predicted molar refractivity (Wildman–Crippen MR) is 116 cm³/mol. The van der Waals surface area contributed by atoms with Crippen molar-refractivity contribution >= 4 is 17.8 Å². The highest BCUT2D eigenvalue weighted by Gasteiger charge is 2.53. The summed E-state index contributed by atoms with van der Waals surface area (Å²) in [7, 11) is 4.22. The molecule has 2 aliphatic heterocycles. The Morgan fingerprint density at radius 2 is 2.00 bits per heavy atom. The quantitative estimate of drug-likeness (QED) is 0.733. The molecule has 0 spiro atoms. The Labute approximate surface area is 172 Å². The molecular formula is C23H29N5O. The van der Waals surface area contributed by atoms with E-state index < -0.39 is 0 Å². The van der Waals surface area contributed by atoms with Crippen LogP contribution in [0, 0.1) is 18.3 Å². The normalized spacial score (nSPS) is 23.9. The largest absolute Gasteiger partial charge is 0.354 e. The summed E-state index contributed by atoms with van der Waals surface area (Å²) in [4.78, 5) is 28.5. The van der Waals surface area contributed by atoms with Crippen LogP contribution in [0.4, 0.5) is 5.82 Å². The van der Waals surface area contributed by atoms with Gasteiger partial charge in [-0.3, -0.25) is 9.78 Å². The Balaban J connectivity index is 1.50. The fourth-order valence-corrected chi connectivity index (χ4v) is 4.82. The van der Waals surface area contributed by atoms with Gasteiger partial charge in [-0.25, -0.2) is 4.98 Å². The highest BCUT2D eigenvalue weighted by atomic mass is 16.2. The van der Waals surface area contributed by atoms with Crippen LogP contribution >= 0.6 is 0 Å². The SMILES string of the molecule is Cc1cncc(N2C[C@H]3CN(C(=O)/C=C/c4ccccc4)C[C@@]3(CN(C)C)C2)n1. The third kappa shape index (κ3) is 4.17. The molecule has 6 nitrogen and oxygen atoms in total. The molecule has 2 saturated heterocycles. The zero-order chi connectivity index (χ0) is 20.4. The van der Waals surface area contributed by atoms with Gasteiger partial charge in [-0.2, -0.15) is 0 Å². The number of aromatic nitrogens is 2. The molecule has 1 amide bonds. The molecule has 2 aliphatic rings.